The van der Waals surface area contributed by atoms with Crippen molar-refractivity contribution >= 4 is 33.5 Å². The molecule has 0 heterocycles. The Morgan fingerprint density at radius 2 is 2.00 bits per heavy atom. The molecule has 0 bridgehead atoms. The monoisotopic (exact) mass is 360 g/mol. The first-order chi connectivity index (χ1) is 8.62. The second kappa shape index (κ2) is 5.68. The summed E-state index contributed by atoms with van der Waals surface area (Å²) in [5.41, 5.74) is -4.46. The maximum Gasteiger partial charge on any atom is 0.432 e. The van der Waals surface area contributed by atoms with Gasteiger partial charge in [-0.15, -0.1) is 0 Å². The Morgan fingerprint density at radius 3 is 2.42 bits per heavy atom. The van der Waals surface area contributed by atoms with Crippen LogP contribution in [-0.2, 0) is 15.1 Å². The first kappa shape index (κ1) is 16.3. The number of hydrogen-bond donors (Lipinski definition) is 1. The van der Waals surface area contributed by atoms with Crippen LogP contribution in [0.15, 0.2) is 22.7 Å². The van der Waals surface area contributed by atoms with Gasteiger partial charge in [0.2, 0.25) is 0 Å². The van der Waals surface area contributed by atoms with Gasteiger partial charge >= 0.3 is 12.1 Å². The Bertz CT molecular complexity index is 472. The van der Waals surface area contributed by atoms with Crippen molar-refractivity contribution in [2.75, 3.05) is 6.61 Å². The van der Waals surface area contributed by atoms with E-state index in [0.717, 1.165) is 12.1 Å². The highest BCUT2D eigenvalue weighted by atomic mass is 79.9. The fourth-order valence-corrected chi connectivity index (χ4v) is 2.26. The number of halogens is 5. The molecule has 19 heavy (non-hydrogen) atoms. The number of rotatable bonds is 3. The minimum Gasteiger partial charge on any atom is -0.463 e. The highest BCUT2D eigenvalue weighted by Gasteiger charge is 2.62. The standard InChI is InChI=1S/C11H9BrClF3O3/c1-2-19-9(17)10(18,11(14,15)16)6-3-7(12)5-8(13)4-6/h3-5,18H,2H2,1H3. The van der Waals surface area contributed by atoms with Crippen molar-refractivity contribution in [1.29, 1.82) is 0 Å². The lowest BCUT2D eigenvalue weighted by Gasteiger charge is -2.28. The van der Waals surface area contributed by atoms with E-state index < -0.39 is 23.3 Å². The Labute approximate surface area is 120 Å². The molecule has 8 heteroatoms. The van der Waals surface area contributed by atoms with E-state index in [9.17, 15) is 23.1 Å². The topological polar surface area (TPSA) is 46.5 Å². The molecular weight excluding hydrogens is 352 g/mol. The molecule has 0 saturated heterocycles. The molecule has 0 amide bonds. The van der Waals surface area contributed by atoms with Crippen molar-refractivity contribution in [3.63, 3.8) is 0 Å². The zero-order valence-electron chi connectivity index (χ0n) is 9.59. The summed E-state index contributed by atoms with van der Waals surface area (Å²) < 4.78 is 43.6. The molecule has 0 aliphatic heterocycles. The summed E-state index contributed by atoms with van der Waals surface area (Å²) in [4.78, 5) is 11.5. The molecule has 0 aliphatic carbocycles. The average molecular weight is 362 g/mol. The van der Waals surface area contributed by atoms with Crippen LogP contribution >= 0.6 is 27.5 Å². The van der Waals surface area contributed by atoms with Crippen molar-refractivity contribution in [2.24, 2.45) is 0 Å². The summed E-state index contributed by atoms with van der Waals surface area (Å²) in [6.45, 7) is 1.04. The number of alkyl halides is 3. The van der Waals surface area contributed by atoms with Gasteiger partial charge in [-0.25, -0.2) is 4.79 Å². The van der Waals surface area contributed by atoms with E-state index in [1.807, 2.05) is 0 Å². The van der Waals surface area contributed by atoms with Crippen LogP contribution in [0.3, 0.4) is 0 Å². The first-order valence-electron chi connectivity index (χ1n) is 5.05. The maximum absolute atomic E-state index is 13.0. The summed E-state index contributed by atoms with van der Waals surface area (Å²) in [6.07, 6.45) is -5.23. The smallest absolute Gasteiger partial charge is 0.432 e. The van der Waals surface area contributed by atoms with E-state index >= 15 is 0 Å². The van der Waals surface area contributed by atoms with Crippen LogP contribution in [-0.4, -0.2) is 23.9 Å². The van der Waals surface area contributed by atoms with E-state index in [-0.39, 0.29) is 16.1 Å². The van der Waals surface area contributed by atoms with Crippen molar-refractivity contribution in [2.45, 2.75) is 18.7 Å². The SMILES string of the molecule is CCOC(=O)C(O)(c1cc(Cl)cc(Br)c1)C(F)(F)F. The minimum absolute atomic E-state index is 0.0589. The van der Waals surface area contributed by atoms with Gasteiger partial charge in [0, 0.05) is 15.1 Å². The second-order valence-electron chi connectivity index (χ2n) is 3.59. The van der Waals surface area contributed by atoms with Gasteiger partial charge < -0.3 is 9.84 Å². The van der Waals surface area contributed by atoms with Crippen molar-refractivity contribution < 1.29 is 27.8 Å². The van der Waals surface area contributed by atoms with Crippen LogP contribution in [0, 0.1) is 0 Å². The Morgan fingerprint density at radius 1 is 1.42 bits per heavy atom. The van der Waals surface area contributed by atoms with Gasteiger partial charge in [0.05, 0.1) is 6.61 Å². The lowest BCUT2D eigenvalue weighted by atomic mass is 9.93. The number of aliphatic hydroxyl groups is 1. The molecule has 0 fully saturated rings. The predicted octanol–water partition coefficient (Wildman–Crippen LogP) is 3.42. The van der Waals surface area contributed by atoms with Crippen LogP contribution < -0.4 is 0 Å². The molecule has 1 aromatic rings. The summed E-state index contributed by atoms with van der Waals surface area (Å²) >= 11 is 8.57. The van der Waals surface area contributed by atoms with Gasteiger partial charge in [-0.05, 0) is 25.1 Å². The molecule has 0 radical (unpaired) electrons. The van der Waals surface area contributed by atoms with Gasteiger partial charge in [0.15, 0.2) is 0 Å². The molecule has 1 atom stereocenters. The Balaban J connectivity index is 3.44. The summed E-state index contributed by atoms with van der Waals surface area (Å²) in [6, 6.07) is 3.14. The van der Waals surface area contributed by atoms with E-state index in [1.54, 1.807) is 0 Å². The van der Waals surface area contributed by atoms with Gasteiger partial charge in [-0.1, -0.05) is 27.5 Å². The lowest BCUT2D eigenvalue weighted by Crippen LogP contribution is -2.50. The molecule has 106 valence electrons. The van der Waals surface area contributed by atoms with Gasteiger partial charge in [-0.2, -0.15) is 13.2 Å². The fourth-order valence-electron chi connectivity index (χ4n) is 1.40. The Hall–Kier alpha value is -0.790. The van der Waals surface area contributed by atoms with Gasteiger partial charge in [0.1, 0.15) is 0 Å². The van der Waals surface area contributed by atoms with Crippen LogP contribution in [0.5, 0.6) is 0 Å². The molecular formula is C11H9BrClF3O3. The minimum atomic E-state index is -5.23. The normalized spacial score (nSPS) is 14.9. The number of carbonyl (C=O) groups excluding carboxylic acids is 1. The van der Waals surface area contributed by atoms with Crippen molar-refractivity contribution in [3.8, 4) is 0 Å². The van der Waals surface area contributed by atoms with E-state index in [1.165, 1.54) is 13.0 Å². The fraction of sp³-hybridized carbons (Fsp3) is 0.364. The van der Waals surface area contributed by atoms with Crippen LogP contribution in [0.25, 0.3) is 0 Å². The van der Waals surface area contributed by atoms with E-state index in [0.29, 0.717) is 0 Å². The summed E-state index contributed by atoms with van der Waals surface area (Å²) in [7, 11) is 0. The molecule has 0 aliphatic rings. The number of esters is 1. The van der Waals surface area contributed by atoms with Gasteiger partial charge in [0.25, 0.3) is 5.60 Å². The number of carbonyl (C=O) groups is 1. The Kier molecular flexibility index (Phi) is 4.86. The number of benzene rings is 1. The quantitative estimate of drug-likeness (QED) is 0.839. The van der Waals surface area contributed by atoms with Crippen LogP contribution in [0.1, 0.15) is 12.5 Å². The first-order valence-corrected chi connectivity index (χ1v) is 6.23. The molecule has 1 rings (SSSR count). The highest BCUT2D eigenvalue weighted by Crippen LogP contribution is 2.41. The molecule has 0 spiro atoms. The molecule has 1 unspecified atom stereocenters. The highest BCUT2D eigenvalue weighted by molar-refractivity contribution is 9.10. The molecule has 0 aromatic heterocycles. The molecule has 1 aromatic carbocycles. The van der Waals surface area contributed by atoms with E-state index in [2.05, 4.69) is 20.7 Å². The lowest BCUT2D eigenvalue weighted by molar-refractivity contribution is -0.267. The second-order valence-corrected chi connectivity index (χ2v) is 4.94. The molecule has 0 saturated carbocycles. The molecule has 1 N–H and O–H groups in total. The average Bonchev–Trinajstić information content (AvgIpc) is 2.25. The number of ether oxygens (including phenoxy) is 1. The summed E-state index contributed by atoms with van der Waals surface area (Å²) in [5.74, 6) is -1.79. The van der Waals surface area contributed by atoms with Crippen molar-refractivity contribution in [3.05, 3.63) is 33.3 Å². The number of hydrogen-bond acceptors (Lipinski definition) is 3. The predicted molar refractivity (Wildman–Crippen MR) is 65.7 cm³/mol. The summed E-state index contributed by atoms with van der Waals surface area (Å²) in [5, 5.41) is 9.73. The molecule has 3 nitrogen and oxygen atoms in total. The van der Waals surface area contributed by atoms with E-state index in [4.69, 9.17) is 11.6 Å². The van der Waals surface area contributed by atoms with Crippen molar-refractivity contribution in [1.82, 2.24) is 0 Å². The maximum atomic E-state index is 13.0. The third kappa shape index (κ3) is 3.21. The largest absolute Gasteiger partial charge is 0.463 e. The van der Waals surface area contributed by atoms with Crippen LogP contribution in [0.4, 0.5) is 13.2 Å². The zero-order valence-corrected chi connectivity index (χ0v) is 11.9. The zero-order chi connectivity index (χ0) is 14.8. The third-order valence-electron chi connectivity index (χ3n) is 2.26. The van der Waals surface area contributed by atoms with Gasteiger partial charge in [-0.3, -0.25) is 0 Å². The van der Waals surface area contributed by atoms with Crippen LogP contribution in [0.2, 0.25) is 5.02 Å². The third-order valence-corrected chi connectivity index (χ3v) is 2.94.